The third-order valence-corrected chi connectivity index (χ3v) is 1.56. The molecule has 0 saturated carbocycles. The second kappa shape index (κ2) is 2.68. The van der Waals surface area contributed by atoms with E-state index < -0.39 is 0 Å². The van der Waals surface area contributed by atoms with Crippen LogP contribution in [-0.4, -0.2) is 5.78 Å². The van der Waals surface area contributed by atoms with E-state index in [1.54, 1.807) is 6.92 Å². The third-order valence-electron chi connectivity index (χ3n) is 1.56. The molecule has 48 valence electrons. The lowest BCUT2D eigenvalue weighted by atomic mass is 9.95. The predicted octanol–water partition coefficient (Wildman–Crippen LogP) is 1.38. The molecule has 0 amide bonds. The molecule has 1 rings (SSSR count). The lowest BCUT2D eigenvalue weighted by Crippen LogP contribution is -2.10. The number of carbonyl (C=O) groups is 1. The summed E-state index contributed by atoms with van der Waals surface area (Å²) in [6.07, 6.45) is 3.04. The van der Waals surface area contributed by atoms with Crippen LogP contribution >= 0.6 is 0 Å². The van der Waals surface area contributed by atoms with Gasteiger partial charge < -0.3 is 0 Å². The zero-order chi connectivity index (χ0) is 6.69. The Morgan fingerprint density at radius 3 is 2.78 bits per heavy atom. The van der Waals surface area contributed by atoms with Crippen LogP contribution in [0, 0.1) is 17.8 Å². The van der Waals surface area contributed by atoms with E-state index in [0.717, 1.165) is 19.3 Å². The van der Waals surface area contributed by atoms with E-state index in [9.17, 15) is 4.79 Å². The predicted molar refractivity (Wildman–Crippen MR) is 35.8 cm³/mol. The molecule has 1 nitrogen and oxygen atoms in total. The van der Waals surface area contributed by atoms with Crippen molar-refractivity contribution in [2.24, 2.45) is 5.92 Å². The minimum atomic E-state index is 0.0544. The summed E-state index contributed by atoms with van der Waals surface area (Å²) in [6.45, 7) is 1.62. The Bertz CT molecular complexity index is 171. The first-order valence-corrected chi connectivity index (χ1v) is 3.29. The molecule has 1 aliphatic carbocycles. The maximum absolute atomic E-state index is 10.7. The Morgan fingerprint density at radius 2 is 2.44 bits per heavy atom. The average molecular weight is 122 g/mol. The first-order chi connectivity index (χ1) is 4.30. The Hall–Kier alpha value is -0.770. The summed E-state index contributed by atoms with van der Waals surface area (Å²) in [5.74, 6) is 6.14. The molecule has 0 fully saturated rings. The molecule has 0 aromatic rings. The molecule has 0 radical (unpaired) electrons. The maximum atomic E-state index is 10.7. The molecule has 0 heterocycles. The molecule has 1 unspecified atom stereocenters. The molecule has 0 aliphatic heterocycles. The zero-order valence-electron chi connectivity index (χ0n) is 5.61. The Balaban J connectivity index is 2.57. The van der Waals surface area contributed by atoms with E-state index in [4.69, 9.17) is 0 Å². The molecule has 1 heteroatoms. The van der Waals surface area contributed by atoms with Crippen molar-refractivity contribution in [1.29, 1.82) is 0 Å². The van der Waals surface area contributed by atoms with Crippen LogP contribution in [0.3, 0.4) is 0 Å². The lowest BCUT2D eigenvalue weighted by Gasteiger charge is -2.07. The summed E-state index contributed by atoms with van der Waals surface area (Å²) in [5.41, 5.74) is 0. The van der Waals surface area contributed by atoms with Gasteiger partial charge in [0.05, 0.1) is 5.92 Å². The van der Waals surface area contributed by atoms with Crippen molar-refractivity contribution in [3.8, 4) is 11.8 Å². The van der Waals surface area contributed by atoms with Gasteiger partial charge in [-0.1, -0.05) is 5.92 Å². The van der Waals surface area contributed by atoms with E-state index >= 15 is 0 Å². The van der Waals surface area contributed by atoms with Gasteiger partial charge in [0.2, 0.25) is 0 Å². The molecule has 0 bridgehead atoms. The maximum Gasteiger partial charge on any atom is 0.144 e. The van der Waals surface area contributed by atoms with Crippen LogP contribution in [0.2, 0.25) is 0 Å². The normalized spacial score (nSPS) is 24.3. The number of Topliss-reactive ketones (excluding diaryl/α,β-unsaturated/α-hetero) is 1. The first kappa shape index (κ1) is 6.35. The van der Waals surface area contributed by atoms with Crippen LogP contribution in [0.25, 0.3) is 0 Å². The number of rotatable bonds is 1. The minimum Gasteiger partial charge on any atom is -0.299 e. The highest BCUT2D eigenvalue weighted by molar-refractivity contribution is 5.81. The van der Waals surface area contributed by atoms with Crippen molar-refractivity contribution in [2.45, 2.75) is 26.2 Å². The fourth-order valence-electron chi connectivity index (χ4n) is 0.967. The molecule has 1 aliphatic rings. The lowest BCUT2D eigenvalue weighted by molar-refractivity contribution is -0.119. The van der Waals surface area contributed by atoms with Crippen molar-refractivity contribution in [1.82, 2.24) is 0 Å². The van der Waals surface area contributed by atoms with Crippen LogP contribution < -0.4 is 0 Å². The van der Waals surface area contributed by atoms with Gasteiger partial charge in [0.25, 0.3) is 0 Å². The number of hydrogen-bond donors (Lipinski definition) is 0. The molecule has 1 atom stereocenters. The van der Waals surface area contributed by atoms with Crippen molar-refractivity contribution < 1.29 is 4.79 Å². The molecule has 0 saturated heterocycles. The van der Waals surface area contributed by atoms with Gasteiger partial charge in [0, 0.05) is 6.42 Å². The van der Waals surface area contributed by atoms with Crippen LogP contribution in [0.15, 0.2) is 0 Å². The number of carbonyl (C=O) groups excluding carboxylic acids is 1. The van der Waals surface area contributed by atoms with Gasteiger partial charge in [-0.2, -0.15) is 0 Å². The smallest absolute Gasteiger partial charge is 0.144 e. The molecule has 0 spiro atoms. The van der Waals surface area contributed by atoms with Gasteiger partial charge in [-0.3, -0.25) is 4.79 Å². The summed E-state index contributed by atoms with van der Waals surface area (Å²) < 4.78 is 0. The van der Waals surface area contributed by atoms with Crippen molar-refractivity contribution in [2.75, 3.05) is 0 Å². The molecule has 9 heavy (non-hydrogen) atoms. The molecular formula is C8H10O. The van der Waals surface area contributed by atoms with E-state index in [-0.39, 0.29) is 11.7 Å². The van der Waals surface area contributed by atoms with E-state index in [1.807, 2.05) is 0 Å². The van der Waals surface area contributed by atoms with Crippen LogP contribution in [0.1, 0.15) is 26.2 Å². The Kier molecular flexibility index (Phi) is 1.89. The summed E-state index contributed by atoms with van der Waals surface area (Å²) in [6, 6.07) is 0. The largest absolute Gasteiger partial charge is 0.299 e. The van der Waals surface area contributed by atoms with E-state index in [1.165, 1.54) is 0 Å². The van der Waals surface area contributed by atoms with E-state index in [0.29, 0.717) is 0 Å². The van der Waals surface area contributed by atoms with Gasteiger partial charge in [-0.25, -0.2) is 0 Å². The van der Waals surface area contributed by atoms with Crippen molar-refractivity contribution in [3.05, 3.63) is 0 Å². The molecular weight excluding hydrogens is 112 g/mol. The summed E-state index contributed by atoms with van der Waals surface area (Å²) in [4.78, 5) is 10.7. The quantitative estimate of drug-likeness (QED) is 0.480. The summed E-state index contributed by atoms with van der Waals surface area (Å²) >= 11 is 0. The van der Waals surface area contributed by atoms with E-state index in [2.05, 4.69) is 11.8 Å². The van der Waals surface area contributed by atoms with Crippen molar-refractivity contribution >= 4 is 5.78 Å². The second-order valence-electron chi connectivity index (χ2n) is 2.38. The van der Waals surface area contributed by atoms with Gasteiger partial charge in [-0.05, 0) is 19.8 Å². The second-order valence-corrected chi connectivity index (χ2v) is 2.38. The minimum absolute atomic E-state index is 0.0544. The highest BCUT2D eigenvalue weighted by Gasteiger charge is 2.11. The Labute approximate surface area is 55.4 Å². The fraction of sp³-hybridized carbons (Fsp3) is 0.625. The summed E-state index contributed by atoms with van der Waals surface area (Å²) in [5, 5.41) is 0. The SMILES string of the molecule is CC(=O)C1C#CCCC1. The van der Waals surface area contributed by atoms with Crippen LogP contribution in [-0.2, 0) is 4.79 Å². The molecule has 0 aromatic heterocycles. The summed E-state index contributed by atoms with van der Waals surface area (Å²) in [7, 11) is 0. The fourth-order valence-corrected chi connectivity index (χ4v) is 0.967. The Morgan fingerprint density at radius 1 is 1.67 bits per heavy atom. The standard InChI is InChI=1S/C8H10O/c1-7(9)8-5-3-2-4-6-8/h8H,2-3,5H2,1H3. The van der Waals surface area contributed by atoms with Gasteiger partial charge in [-0.15, -0.1) is 5.92 Å². The van der Waals surface area contributed by atoms with Crippen molar-refractivity contribution in [3.63, 3.8) is 0 Å². The highest BCUT2D eigenvalue weighted by Crippen LogP contribution is 2.12. The van der Waals surface area contributed by atoms with Gasteiger partial charge in [0.1, 0.15) is 5.78 Å². The molecule has 0 aromatic carbocycles. The average Bonchev–Trinajstić information content (AvgIpc) is 1.90. The number of hydrogen-bond acceptors (Lipinski definition) is 1. The van der Waals surface area contributed by atoms with Crippen LogP contribution in [0.5, 0.6) is 0 Å². The van der Waals surface area contributed by atoms with Crippen LogP contribution in [0.4, 0.5) is 0 Å². The third kappa shape index (κ3) is 1.57. The van der Waals surface area contributed by atoms with Gasteiger partial charge in [0.15, 0.2) is 0 Å². The number of ketones is 1. The highest BCUT2D eigenvalue weighted by atomic mass is 16.1. The van der Waals surface area contributed by atoms with Gasteiger partial charge >= 0.3 is 0 Å². The zero-order valence-corrected chi connectivity index (χ0v) is 5.61. The monoisotopic (exact) mass is 122 g/mol. The molecule has 0 N–H and O–H groups in total. The first-order valence-electron chi connectivity index (χ1n) is 3.29. The topological polar surface area (TPSA) is 17.1 Å².